The SMILES string of the molecule is Nc1cc(Br)c(F)cc1N1CC(C(=O)O)CC1=O. The summed E-state index contributed by atoms with van der Waals surface area (Å²) in [5, 5.41) is 8.87. The van der Waals surface area contributed by atoms with Crippen LogP contribution >= 0.6 is 15.9 Å². The van der Waals surface area contributed by atoms with Gasteiger partial charge in [-0.15, -0.1) is 0 Å². The standard InChI is InChI=1S/C11H10BrFN2O3/c12-6-2-8(14)9(3-7(6)13)15-4-5(11(17)18)1-10(15)16/h2-3,5H,1,4,14H2,(H,17,18). The van der Waals surface area contributed by atoms with Gasteiger partial charge in [0.15, 0.2) is 0 Å². The number of hydrogen-bond acceptors (Lipinski definition) is 3. The fourth-order valence-electron chi connectivity index (χ4n) is 1.89. The highest BCUT2D eigenvalue weighted by Crippen LogP contribution is 2.33. The van der Waals surface area contributed by atoms with E-state index in [-0.39, 0.29) is 34.7 Å². The normalized spacial score (nSPS) is 19.3. The molecule has 1 heterocycles. The maximum atomic E-state index is 13.4. The molecule has 5 nitrogen and oxygen atoms in total. The van der Waals surface area contributed by atoms with E-state index < -0.39 is 17.7 Å². The van der Waals surface area contributed by atoms with E-state index in [1.54, 1.807) is 0 Å². The highest BCUT2D eigenvalue weighted by molar-refractivity contribution is 9.10. The summed E-state index contributed by atoms with van der Waals surface area (Å²) in [7, 11) is 0. The van der Waals surface area contributed by atoms with Gasteiger partial charge in [-0.3, -0.25) is 9.59 Å². The minimum Gasteiger partial charge on any atom is -0.481 e. The molecule has 1 aromatic carbocycles. The molecule has 1 aliphatic heterocycles. The molecule has 0 bridgehead atoms. The Balaban J connectivity index is 2.35. The first-order chi connectivity index (χ1) is 8.40. The number of anilines is 2. The van der Waals surface area contributed by atoms with Crippen molar-refractivity contribution in [2.24, 2.45) is 5.92 Å². The quantitative estimate of drug-likeness (QED) is 0.812. The van der Waals surface area contributed by atoms with E-state index in [9.17, 15) is 14.0 Å². The molecule has 1 atom stereocenters. The van der Waals surface area contributed by atoms with Crippen LogP contribution in [0.2, 0.25) is 0 Å². The Morgan fingerprint density at radius 3 is 2.78 bits per heavy atom. The molecule has 1 unspecified atom stereocenters. The van der Waals surface area contributed by atoms with Crippen LogP contribution < -0.4 is 10.6 Å². The zero-order chi connectivity index (χ0) is 13.4. The molecule has 18 heavy (non-hydrogen) atoms. The largest absolute Gasteiger partial charge is 0.481 e. The van der Waals surface area contributed by atoms with Crippen LogP contribution in [0, 0.1) is 11.7 Å². The van der Waals surface area contributed by atoms with Gasteiger partial charge in [0, 0.05) is 19.0 Å². The molecule has 1 aromatic rings. The Bertz CT molecular complexity index is 535. The summed E-state index contributed by atoms with van der Waals surface area (Å²) in [5.74, 6) is -2.73. The number of rotatable bonds is 2. The summed E-state index contributed by atoms with van der Waals surface area (Å²) in [6.07, 6.45) is -0.0908. The number of carboxylic acids is 1. The van der Waals surface area contributed by atoms with Crippen molar-refractivity contribution in [2.75, 3.05) is 17.2 Å². The Morgan fingerprint density at radius 2 is 2.22 bits per heavy atom. The van der Waals surface area contributed by atoms with Crippen LogP contribution in [0.1, 0.15) is 6.42 Å². The van der Waals surface area contributed by atoms with Crippen LogP contribution in [0.3, 0.4) is 0 Å². The molecule has 0 spiro atoms. The van der Waals surface area contributed by atoms with Crippen LogP contribution in [-0.4, -0.2) is 23.5 Å². The second kappa shape index (κ2) is 4.56. The van der Waals surface area contributed by atoms with E-state index in [1.807, 2.05) is 0 Å². The van der Waals surface area contributed by atoms with Gasteiger partial charge in [-0.05, 0) is 22.0 Å². The van der Waals surface area contributed by atoms with Gasteiger partial charge in [-0.1, -0.05) is 0 Å². The maximum Gasteiger partial charge on any atom is 0.308 e. The molecule has 1 aliphatic rings. The smallest absolute Gasteiger partial charge is 0.308 e. The number of nitrogen functional groups attached to an aromatic ring is 1. The molecule has 0 aromatic heterocycles. The van der Waals surface area contributed by atoms with Crippen LogP contribution in [0.15, 0.2) is 16.6 Å². The molecule has 1 amide bonds. The topological polar surface area (TPSA) is 83.6 Å². The zero-order valence-corrected chi connectivity index (χ0v) is 10.8. The third-order valence-electron chi connectivity index (χ3n) is 2.83. The van der Waals surface area contributed by atoms with Crippen molar-refractivity contribution in [1.82, 2.24) is 0 Å². The van der Waals surface area contributed by atoms with Gasteiger partial charge < -0.3 is 15.7 Å². The molecule has 96 valence electrons. The lowest BCUT2D eigenvalue weighted by atomic mass is 10.1. The van der Waals surface area contributed by atoms with Crippen LogP contribution in [-0.2, 0) is 9.59 Å². The molecule has 0 radical (unpaired) electrons. The number of nitrogens with two attached hydrogens (primary N) is 1. The molecular formula is C11H10BrFN2O3. The van der Waals surface area contributed by atoms with Crippen molar-refractivity contribution in [3.63, 3.8) is 0 Å². The lowest BCUT2D eigenvalue weighted by molar-refractivity contribution is -0.141. The Kier molecular flexibility index (Phi) is 3.25. The molecule has 0 saturated carbocycles. The summed E-state index contributed by atoms with van der Waals surface area (Å²) in [6.45, 7) is 0.0133. The molecule has 1 saturated heterocycles. The third-order valence-corrected chi connectivity index (χ3v) is 3.44. The average Bonchev–Trinajstić information content (AvgIpc) is 2.66. The summed E-state index contributed by atoms with van der Waals surface area (Å²) in [6, 6.07) is 2.48. The van der Waals surface area contributed by atoms with Crippen molar-refractivity contribution < 1.29 is 19.1 Å². The number of benzene rings is 1. The number of amides is 1. The minimum atomic E-state index is -1.04. The second-order valence-corrected chi connectivity index (χ2v) is 4.92. The van der Waals surface area contributed by atoms with E-state index in [1.165, 1.54) is 11.0 Å². The third kappa shape index (κ3) is 2.17. The van der Waals surface area contributed by atoms with Gasteiger partial charge in [0.05, 0.1) is 21.8 Å². The van der Waals surface area contributed by atoms with E-state index in [4.69, 9.17) is 10.8 Å². The second-order valence-electron chi connectivity index (χ2n) is 4.07. The minimum absolute atomic E-state index is 0.0133. The van der Waals surface area contributed by atoms with Crippen LogP contribution in [0.4, 0.5) is 15.8 Å². The van der Waals surface area contributed by atoms with E-state index >= 15 is 0 Å². The lowest BCUT2D eigenvalue weighted by Crippen LogP contribution is -2.26. The van der Waals surface area contributed by atoms with Crippen LogP contribution in [0.25, 0.3) is 0 Å². The van der Waals surface area contributed by atoms with E-state index in [0.717, 1.165) is 6.07 Å². The van der Waals surface area contributed by atoms with Gasteiger partial charge >= 0.3 is 5.97 Å². The van der Waals surface area contributed by atoms with Gasteiger partial charge in [0.25, 0.3) is 0 Å². The van der Waals surface area contributed by atoms with Gasteiger partial charge in [-0.2, -0.15) is 0 Å². The number of hydrogen-bond donors (Lipinski definition) is 2. The number of carbonyl (C=O) groups excluding carboxylic acids is 1. The maximum absolute atomic E-state index is 13.4. The fourth-order valence-corrected chi connectivity index (χ4v) is 2.25. The first-order valence-corrected chi connectivity index (χ1v) is 5.97. The van der Waals surface area contributed by atoms with Crippen molar-refractivity contribution in [2.45, 2.75) is 6.42 Å². The Labute approximate surface area is 111 Å². The lowest BCUT2D eigenvalue weighted by Gasteiger charge is -2.18. The molecule has 0 aliphatic carbocycles. The Morgan fingerprint density at radius 1 is 1.56 bits per heavy atom. The zero-order valence-electron chi connectivity index (χ0n) is 9.19. The van der Waals surface area contributed by atoms with Gasteiger partial charge in [0.1, 0.15) is 5.82 Å². The highest BCUT2D eigenvalue weighted by Gasteiger charge is 2.36. The molecule has 1 fully saturated rings. The first kappa shape index (κ1) is 12.8. The predicted octanol–water partition coefficient (Wildman–Crippen LogP) is 1.61. The van der Waals surface area contributed by atoms with E-state index in [2.05, 4.69) is 15.9 Å². The summed E-state index contributed by atoms with van der Waals surface area (Å²) >= 11 is 2.99. The number of halogens is 2. The fraction of sp³-hybridized carbons (Fsp3) is 0.273. The summed E-state index contributed by atoms with van der Waals surface area (Å²) < 4.78 is 13.6. The van der Waals surface area contributed by atoms with E-state index in [0.29, 0.717) is 0 Å². The predicted molar refractivity (Wildman–Crippen MR) is 66.6 cm³/mol. The van der Waals surface area contributed by atoms with Crippen LogP contribution in [0.5, 0.6) is 0 Å². The monoisotopic (exact) mass is 316 g/mol. The highest BCUT2D eigenvalue weighted by atomic mass is 79.9. The van der Waals surface area contributed by atoms with Gasteiger partial charge in [0.2, 0.25) is 5.91 Å². The Hall–Kier alpha value is -1.63. The average molecular weight is 317 g/mol. The summed E-state index contributed by atoms with van der Waals surface area (Å²) in [4.78, 5) is 23.8. The molecule has 7 heteroatoms. The molecule has 2 rings (SSSR count). The number of carboxylic acid groups (broad SMARTS) is 1. The number of aliphatic carboxylic acids is 1. The molecule has 3 N–H and O–H groups in total. The number of carbonyl (C=O) groups is 2. The van der Waals surface area contributed by atoms with Crippen molar-refractivity contribution in [3.05, 3.63) is 22.4 Å². The van der Waals surface area contributed by atoms with Crippen molar-refractivity contribution in [3.8, 4) is 0 Å². The van der Waals surface area contributed by atoms with Gasteiger partial charge in [-0.25, -0.2) is 4.39 Å². The summed E-state index contributed by atoms with van der Waals surface area (Å²) in [5.41, 5.74) is 6.15. The van der Waals surface area contributed by atoms with Crippen molar-refractivity contribution in [1.29, 1.82) is 0 Å². The number of nitrogens with zero attached hydrogens (tertiary/aromatic N) is 1. The van der Waals surface area contributed by atoms with Crippen molar-refractivity contribution >= 4 is 39.2 Å². The first-order valence-electron chi connectivity index (χ1n) is 5.18. The molecular weight excluding hydrogens is 307 g/mol.